The first-order chi connectivity index (χ1) is 17.0. The number of morpholine rings is 1. The Morgan fingerprint density at radius 1 is 1.03 bits per heavy atom. The summed E-state index contributed by atoms with van der Waals surface area (Å²) in [5, 5.41) is 13.7. The highest BCUT2D eigenvalue weighted by atomic mass is 16.5. The van der Waals surface area contributed by atoms with Crippen molar-refractivity contribution >= 4 is 17.4 Å². The van der Waals surface area contributed by atoms with Crippen LogP contribution in [0, 0.1) is 0 Å². The van der Waals surface area contributed by atoms with E-state index >= 15 is 0 Å². The lowest BCUT2D eigenvalue weighted by Crippen LogP contribution is -3.14. The average Bonchev–Trinajstić information content (AvgIpc) is 3.16. The molecule has 2 aromatic rings. The first-order valence-corrected chi connectivity index (χ1v) is 11.5. The molecule has 2 aliphatic heterocycles. The summed E-state index contributed by atoms with van der Waals surface area (Å²) in [6.45, 7) is 3.99. The maximum atomic E-state index is 13.7. The van der Waals surface area contributed by atoms with Gasteiger partial charge in [-0.1, -0.05) is 24.0 Å². The lowest BCUT2D eigenvalue weighted by molar-refractivity contribution is -0.907. The number of carbonyl (C=O) groups is 2. The highest BCUT2D eigenvalue weighted by Gasteiger charge is 2.44. The Kier molecular flexibility index (Phi) is 7.57. The summed E-state index contributed by atoms with van der Waals surface area (Å²) in [4.78, 5) is 29.2. The molecule has 9 nitrogen and oxygen atoms in total. The Labute approximate surface area is 204 Å². The van der Waals surface area contributed by atoms with Gasteiger partial charge in [-0.2, -0.15) is 0 Å². The highest BCUT2D eigenvalue weighted by molar-refractivity contribution is 6.46. The lowest BCUT2D eigenvalue weighted by Gasteiger charge is -2.30. The Morgan fingerprint density at radius 3 is 2.46 bits per heavy atom. The fourth-order valence-electron chi connectivity index (χ4n) is 4.58. The summed E-state index contributed by atoms with van der Waals surface area (Å²) in [5.74, 6) is -0.572. The first kappa shape index (κ1) is 24.6. The number of methoxy groups -OCH3 is 3. The molecule has 0 saturated carbocycles. The van der Waals surface area contributed by atoms with Gasteiger partial charge in [0.05, 0.1) is 53.7 Å². The van der Waals surface area contributed by atoms with Gasteiger partial charge in [-0.15, -0.1) is 0 Å². The average molecular weight is 483 g/mol. The van der Waals surface area contributed by atoms with Crippen molar-refractivity contribution in [1.82, 2.24) is 4.90 Å². The molecule has 35 heavy (non-hydrogen) atoms. The Morgan fingerprint density at radius 2 is 1.77 bits per heavy atom. The topological polar surface area (TPSA) is 102 Å². The van der Waals surface area contributed by atoms with E-state index in [0.717, 1.165) is 13.1 Å². The summed E-state index contributed by atoms with van der Waals surface area (Å²) in [6, 6.07) is 11.0. The number of carbonyl (C=O) groups excluding carboxylic acids is 2. The molecule has 0 aromatic heterocycles. The van der Waals surface area contributed by atoms with Crippen LogP contribution in [0.5, 0.6) is 17.2 Å². The SMILES string of the molecule is COc1cccc(C2C(=C([O-])c3ccc(OC)c(OC)c3)C(=O)C(=O)N2CC[NH+]2CCOCC2)c1. The number of ether oxygens (including phenoxy) is 4. The third-order valence-electron chi connectivity index (χ3n) is 6.49. The van der Waals surface area contributed by atoms with Gasteiger partial charge >= 0.3 is 0 Å². The van der Waals surface area contributed by atoms with E-state index in [9.17, 15) is 14.7 Å². The zero-order chi connectivity index (χ0) is 24.9. The van der Waals surface area contributed by atoms with Crippen LogP contribution in [0.1, 0.15) is 17.2 Å². The summed E-state index contributed by atoms with van der Waals surface area (Å²) >= 11 is 0. The number of nitrogens with one attached hydrogen (secondary N) is 1. The minimum absolute atomic E-state index is 0.0764. The summed E-state index contributed by atoms with van der Waals surface area (Å²) < 4.78 is 21.4. The van der Waals surface area contributed by atoms with E-state index in [-0.39, 0.29) is 11.1 Å². The van der Waals surface area contributed by atoms with Crippen LogP contribution in [0.15, 0.2) is 48.0 Å². The maximum Gasteiger partial charge on any atom is 0.295 e. The van der Waals surface area contributed by atoms with Crippen molar-refractivity contribution in [2.75, 3.05) is 60.7 Å². The van der Waals surface area contributed by atoms with Crippen molar-refractivity contribution in [3.05, 3.63) is 59.2 Å². The largest absolute Gasteiger partial charge is 0.872 e. The van der Waals surface area contributed by atoms with Gasteiger partial charge in [0.1, 0.15) is 18.8 Å². The van der Waals surface area contributed by atoms with Crippen LogP contribution in [0.2, 0.25) is 0 Å². The molecule has 1 atom stereocenters. The van der Waals surface area contributed by atoms with E-state index in [1.165, 1.54) is 30.1 Å². The molecular formula is C26H30N2O7. The molecule has 4 rings (SSSR count). The molecule has 0 radical (unpaired) electrons. The van der Waals surface area contributed by atoms with Crippen molar-refractivity contribution < 1.29 is 38.5 Å². The predicted molar refractivity (Wildman–Crippen MR) is 125 cm³/mol. The fourth-order valence-corrected chi connectivity index (χ4v) is 4.58. The van der Waals surface area contributed by atoms with Crippen LogP contribution in [0.3, 0.4) is 0 Å². The number of hydrogen-bond donors (Lipinski definition) is 1. The van der Waals surface area contributed by atoms with E-state index in [1.807, 2.05) is 0 Å². The standard InChI is InChI=1S/C26H30N2O7/c1-32-19-6-4-5-17(15-19)23-22(24(29)18-7-8-20(33-2)21(16-18)34-3)25(30)26(31)28(23)10-9-27-11-13-35-14-12-27/h4-8,15-16,23,29H,9-14H2,1-3H3. The number of Topliss-reactive ketones (excluding diaryl/α,β-unsaturated/α-hetero) is 1. The van der Waals surface area contributed by atoms with Gasteiger partial charge < -0.3 is 33.9 Å². The summed E-state index contributed by atoms with van der Waals surface area (Å²) in [6.07, 6.45) is 0. The monoisotopic (exact) mass is 482 g/mol. The molecule has 2 aromatic carbocycles. The van der Waals surface area contributed by atoms with Gasteiger partial charge in [-0.05, 0) is 35.4 Å². The number of benzene rings is 2. The molecule has 2 fully saturated rings. The lowest BCUT2D eigenvalue weighted by atomic mass is 9.95. The van der Waals surface area contributed by atoms with Gasteiger partial charge in [0.25, 0.3) is 5.91 Å². The molecular weight excluding hydrogens is 452 g/mol. The second kappa shape index (κ2) is 10.8. The van der Waals surface area contributed by atoms with E-state index < -0.39 is 23.5 Å². The van der Waals surface area contributed by atoms with E-state index in [2.05, 4.69) is 0 Å². The molecule has 186 valence electrons. The zero-order valence-electron chi connectivity index (χ0n) is 20.2. The number of likely N-dealkylation sites (tertiary alicyclic amines) is 1. The summed E-state index contributed by atoms with van der Waals surface area (Å²) in [5.41, 5.74) is 0.809. The summed E-state index contributed by atoms with van der Waals surface area (Å²) in [7, 11) is 4.52. The van der Waals surface area contributed by atoms with Gasteiger partial charge in [0.2, 0.25) is 5.78 Å². The normalized spacial score (nSPS) is 20.2. The van der Waals surface area contributed by atoms with Crippen molar-refractivity contribution in [2.24, 2.45) is 0 Å². The van der Waals surface area contributed by atoms with Gasteiger partial charge in [0.15, 0.2) is 11.5 Å². The quantitative estimate of drug-likeness (QED) is 0.317. The highest BCUT2D eigenvalue weighted by Crippen LogP contribution is 2.40. The molecule has 2 heterocycles. The first-order valence-electron chi connectivity index (χ1n) is 11.5. The van der Waals surface area contributed by atoms with Crippen molar-refractivity contribution in [1.29, 1.82) is 0 Å². The zero-order valence-corrected chi connectivity index (χ0v) is 20.2. The molecule has 9 heteroatoms. The molecule has 2 aliphatic rings. The Balaban J connectivity index is 1.77. The molecule has 1 unspecified atom stereocenters. The third kappa shape index (κ3) is 4.96. The van der Waals surface area contributed by atoms with Gasteiger partial charge in [-0.25, -0.2) is 0 Å². The number of ketones is 1. The molecule has 0 bridgehead atoms. The van der Waals surface area contributed by atoms with Crippen LogP contribution in [-0.4, -0.2) is 77.3 Å². The Hall–Kier alpha value is -3.56. The fraction of sp³-hybridized carbons (Fsp3) is 0.385. The van der Waals surface area contributed by atoms with Crippen molar-refractivity contribution in [2.45, 2.75) is 6.04 Å². The third-order valence-corrected chi connectivity index (χ3v) is 6.49. The molecule has 1 amide bonds. The van der Waals surface area contributed by atoms with Crippen LogP contribution < -0.4 is 24.2 Å². The molecule has 2 saturated heterocycles. The second-order valence-electron chi connectivity index (χ2n) is 8.43. The van der Waals surface area contributed by atoms with E-state index in [0.29, 0.717) is 49.1 Å². The minimum Gasteiger partial charge on any atom is -0.872 e. The maximum absolute atomic E-state index is 13.7. The number of rotatable bonds is 8. The number of amides is 1. The van der Waals surface area contributed by atoms with E-state index in [1.54, 1.807) is 43.5 Å². The van der Waals surface area contributed by atoms with Crippen molar-refractivity contribution in [3.63, 3.8) is 0 Å². The smallest absolute Gasteiger partial charge is 0.295 e. The molecule has 0 aliphatic carbocycles. The van der Waals surface area contributed by atoms with Gasteiger partial charge in [0, 0.05) is 5.57 Å². The van der Waals surface area contributed by atoms with Crippen molar-refractivity contribution in [3.8, 4) is 17.2 Å². The van der Waals surface area contributed by atoms with Crippen LogP contribution in [0.25, 0.3) is 5.76 Å². The van der Waals surface area contributed by atoms with Gasteiger partial charge in [-0.3, -0.25) is 9.59 Å². The predicted octanol–water partition coefficient (Wildman–Crippen LogP) is -0.148. The molecule has 0 spiro atoms. The Bertz CT molecular complexity index is 1120. The van der Waals surface area contributed by atoms with Crippen LogP contribution >= 0.6 is 0 Å². The number of quaternary nitrogens is 1. The number of hydrogen-bond acceptors (Lipinski definition) is 7. The van der Waals surface area contributed by atoms with E-state index in [4.69, 9.17) is 18.9 Å². The van der Waals surface area contributed by atoms with Crippen LogP contribution in [-0.2, 0) is 14.3 Å². The second-order valence-corrected chi connectivity index (χ2v) is 8.43. The number of nitrogens with zero attached hydrogens (tertiary/aromatic N) is 1. The van der Waals surface area contributed by atoms with Crippen LogP contribution in [0.4, 0.5) is 0 Å². The minimum atomic E-state index is -0.814. The molecule has 1 N–H and O–H groups in total.